The van der Waals surface area contributed by atoms with Gasteiger partial charge in [0.05, 0.1) is 14.2 Å². The minimum atomic E-state index is -0.288. The zero-order chi connectivity index (χ0) is 12.3. The second-order valence-electron chi connectivity index (χ2n) is 4.07. The lowest BCUT2D eigenvalue weighted by atomic mass is 9.87. The fourth-order valence-corrected chi connectivity index (χ4v) is 2.17. The molecule has 0 saturated carbocycles. The molecule has 1 aliphatic rings. The highest BCUT2D eigenvalue weighted by Crippen LogP contribution is 2.32. The van der Waals surface area contributed by atoms with E-state index in [0.29, 0.717) is 0 Å². The van der Waals surface area contributed by atoms with Gasteiger partial charge in [-0.3, -0.25) is 0 Å². The molecule has 0 bridgehead atoms. The lowest BCUT2D eigenvalue weighted by Crippen LogP contribution is -2.05. The van der Waals surface area contributed by atoms with Crippen molar-refractivity contribution in [2.75, 3.05) is 14.2 Å². The third-order valence-electron chi connectivity index (χ3n) is 3.04. The van der Waals surface area contributed by atoms with Gasteiger partial charge in [-0.2, -0.15) is 0 Å². The number of allylic oxidation sites excluding steroid dienone is 1. The van der Waals surface area contributed by atoms with E-state index in [1.165, 1.54) is 12.7 Å². The second-order valence-corrected chi connectivity index (χ2v) is 4.07. The van der Waals surface area contributed by atoms with Crippen LogP contribution in [0.3, 0.4) is 0 Å². The van der Waals surface area contributed by atoms with Crippen molar-refractivity contribution in [3.05, 3.63) is 35.4 Å². The van der Waals surface area contributed by atoms with Crippen molar-refractivity contribution in [3.8, 4) is 5.75 Å². The van der Waals surface area contributed by atoms with Crippen LogP contribution < -0.4 is 4.74 Å². The SMILES string of the molecule is COC(=O)C=C1CCCc2cc(OC)ccc21. The van der Waals surface area contributed by atoms with Crippen molar-refractivity contribution >= 4 is 11.5 Å². The smallest absolute Gasteiger partial charge is 0.330 e. The van der Waals surface area contributed by atoms with Crippen molar-refractivity contribution in [1.29, 1.82) is 0 Å². The van der Waals surface area contributed by atoms with Crippen molar-refractivity contribution < 1.29 is 14.3 Å². The molecule has 0 aliphatic heterocycles. The Morgan fingerprint density at radius 2 is 2.12 bits per heavy atom. The van der Waals surface area contributed by atoms with E-state index in [2.05, 4.69) is 4.74 Å². The van der Waals surface area contributed by atoms with E-state index in [4.69, 9.17) is 4.74 Å². The van der Waals surface area contributed by atoms with Crippen LogP contribution in [0.25, 0.3) is 5.57 Å². The normalized spacial score (nSPS) is 16.5. The molecule has 0 heterocycles. The average molecular weight is 232 g/mol. The van der Waals surface area contributed by atoms with Crippen LogP contribution in [0.1, 0.15) is 24.0 Å². The van der Waals surface area contributed by atoms with Gasteiger partial charge in [-0.1, -0.05) is 6.07 Å². The zero-order valence-corrected chi connectivity index (χ0v) is 10.2. The Morgan fingerprint density at radius 3 is 2.82 bits per heavy atom. The standard InChI is InChI=1S/C14H16O3/c1-16-12-6-7-13-10(8-12)4-3-5-11(13)9-14(15)17-2/h6-9H,3-5H2,1-2H3. The lowest BCUT2D eigenvalue weighted by Gasteiger charge is -2.19. The summed E-state index contributed by atoms with van der Waals surface area (Å²) in [6.07, 6.45) is 4.60. The average Bonchev–Trinajstić information content (AvgIpc) is 2.38. The molecule has 3 heteroatoms. The number of rotatable bonds is 2. The van der Waals surface area contributed by atoms with Gasteiger partial charge >= 0.3 is 5.97 Å². The monoisotopic (exact) mass is 232 g/mol. The number of hydrogen-bond acceptors (Lipinski definition) is 3. The van der Waals surface area contributed by atoms with Gasteiger partial charge in [-0.25, -0.2) is 4.79 Å². The molecule has 1 aliphatic carbocycles. The predicted molar refractivity (Wildman–Crippen MR) is 65.9 cm³/mol. The molecule has 0 radical (unpaired) electrons. The van der Waals surface area contributed by atoms with Crippen molar-refractivity contribution in [3.63, 3.8) is 0 Å². The van der Waals surface area contributed by atoms with Crippen LogP contribution in [0, 0.1) is 0 Å². The molecule has 90 valence electrons. The molecule has 0 spiro atoms. The molecule has 0 N–H and O–H groups in total. The van der Waals surface area contributed by atoms with Crippen LogP contribution >= 0.6 is 0 Å². The summed E-state index contributed by atoms with van der Waals surface area (Å²) in [7, 11) is 3.06. The summed E-state index contributed by atoms with van der Waals surface area (Å²) in [4.78, 5) is 11.3. The van der Waals surface area contributed by atoms with E-state index in [1.807, 2.05) is 18.2 Å². The Labute approximate surface area is 101 Å². The quantitative estimate of drug-likeness (QED) is 0.580. The van der Waals surface area contributed by atoms with Gasteiger partial charge in [-0.05, 0) is 48.1 Å². The van der Waals surface area contributed by atoms with E-state index >= 15 is 0 Å². The van der Waals surface area contributed by atoms with E-state index in [9.17, 15) is 4.79 Å². The number of esters is 1. The number of carbonyl (C=O) groups excluding carboxylic acids is 1. The first-order valence-corrected chi connectivity index (χ1v) is 5.70. The Bertz CT molecular complexity index is 461. The number of carbonyl (C=O) groups is 1. The molecular formula is C14H16O3. The fourth-order valence-electron chi connectivity index (χ4n) is 2.17. The Balaban J connectivity index is 2.38. The van der Waals surface area contributed by atoms with Crippen LogP contribution in [0.2, 0.25) is 0 Å². The van der Waals surface area contributed by atoms with Gasteiger partial charge in [0.15, 0.2) is 0 Å². The number of benzene rings is 1. The first kappa shape index (κ1) is 11.7. The summed E-state index contributed by atoms with van der Waals surface area (Å²) in [6, 6.07) is 5.98. The molecule has 1 aromatic rings. The highest BCUT2D eigenvalue weighted by atomic mass is 16.5. The number of aryl methyl sites for hydroxylation is 1. The first-order valence-electron chi connectivity index (χ1n) is 5.70. The summed E-state index contributed by atoms with van der Waals surface area (Å²) < 4.78 is 9.88. The van der Waals surface area contributed by atoms with Crippen molar-refractivity contribution in [2.24, 2.45) is 0 Å². The number of fused-ring (bicyclic) bond motifs is 1. The predicted octanol–water partition coefficient (Wildman–Crippen LogP) is 2.59. The number of methoxy groups -OCH3 is 2. The van der Waals surface area contributed by atoms with E-state index in [-0.39, 0.29) is 5.97 Å². The van der Waals surface area contributed by atoms with Crippen molar-refractivity contribution in [2.45, 2.75) is 19.3 Å². The maximum Gasteiger partial charge on any atom is 0.330 e. The highest BCUT2D eigenvalue weighted by molar-refractivity contribution is 5.92. The maximum absolute atomic E-state index is 11.3. The molecule has 0 unspecified atom stereocenters. The van der Waals surface area contributed by atoms with Crippen LogP contribution in [0.4, 0.5) is 0 Å². The molecular weight excluding hydrogens is 216 g/mol. The minimum absolute atomic E-state index is 0.288. The van der Waals surface area contributed by atoms with Gasteiger partial charge in [0.1, 0.15) is 5.75 Å². The molecule has 0 fully saturated rings. The number of ether oxygens (including phenoxy) is 2. The summed E-state index contributed by atoms with van der Waals surface area (Å²) >= 11 is 0. The molecule has 0 saturated heterocycles. The molecule has 0 amide bonds. The molecule has 0 atom stereocenters. The largest absolute Gasteiger partial charge is 0.497 e. The summed E-state index contributed by atoms with van der Waals surface area (Å²) in [5, 5.41) is 0. The zero-order valence-electron chi connectivity index (χ0n) is 10.2. The van der Waals surface area contributed by atoms with Gasteiger partial charge in [0.2, 0.25) is 0 Å². The van der Waals surface area contributed by atoms with Gasteiger partial charge in [0, 0.05) is 6.08 Å². The van der Waals surface area contributed by atoms with Crippen LogP contribution in [-0.2, 0) is 16.0 Å². The number of hydrogen-bond donors (Lipinski definition) is 0. The molecule has 0 aromatic heterocycles. The first-order chi connectivity index (χ1) is 8.24. The summed E-state index contributed by atoms with van der Waals surface area (Å²) in [6.45, 7) is 0. The minimum Gasteiger partial charge on any atom is -0.497 e. The van der Waals surface area contributed by atoms with Crippen LogP contribution in [0.5, 0.6) is 5.75 Å². The van der Waals surface area contributed by atoms with Gasteiger partial charge < -0.3 is 9.47 Å². The second kappa shape index (κ2) is 5.04. The van der Waals surface area contributed by atoms with Gasteiger partial charge in [0.25, 0.3) is 0 Å². The lowest BCUT2D eigenvalue weighted by molar-refractivity contribution is -0.134. The van der Waals surface area contributed by atoms with Crippen molar-refractivity contribution in [1.82, 2.24) is 0 Å². The summed E-state index contributed by atoms with van der Waals surface area (Å²) in [5.41, 5.74) is 3.44. The maximum atomic E-state index is 11.3. The van der Waals surface area contributed by atoms with E-state index in [1.54, 1.807) is 13.2 Å². The molecule has 3 nitrogen and oxygen atoms in total. The molecule has 1 aromatic carbocycles. The Morgan fingerprint density at radius 1 is 1.29 bits per heavy atom. The van der Waals surface area contributed by atoms with E-state index < -0.39 is 0 Å². The molecule has 17 heavy (non-hydrogen) atoms. The van der Waals surface area contributed by atoms with Crippen LogP contribution in [-0.4, -0.2) is 20.2 Å². The third-order valence-corrected chi connectivity index (χ3v) is 3.04. The topological polar surface area (TPSA) is 35.5 Å². The van der Waals surface area contributed by atoms with Gasteiger partial charge in [-0.15, -0.1) is 0 Å². The van der Waals surface area contributed by atoms with E-state index in [0.717, 1.165) is 36.1 Å². The third kappa shape index (κ3) is 2.49. The fraction of sp³-hybridized carbons (Fsp3) is 0.357. The highest BCUT2D eigenvalue weighted by Gasteiger charge is 2.15. The Kier molecular flexibility index (Phi) is 3.47. The molecule has 2 rings (SSSR count). The Hall–Kier alpha value is -1.77. The summed E-state index contributed by atoms with van der Waals surface area (Å²) in [5.74, 6) is 0.576. The van der Waals surface area contributed by atoms with Crippen LogP contribution in [0.15, 0.2) is 24.3 Å².